The molecule has 0 spiro atoms. The molecule has 0 saturated heterocycles. The fourth-order valence-electron chi connectivity index (χ4n) is 1.49. The largest absolute Gasteiger partial charge is 0.216 e. The van der Waals surface area contributed by atoms with Crippen molar-refractivity contribution in [2.45, 2.75) is 13.3 Å². The third-order valence-electron chi connectivity index (χ3n) is 2.44. The van der Waals surface area contributed by atoms with Gasteiger partial charge in [-0.15, -0.1) is 0 Å². The molecule has 2 nitrogen and oxygen atoms in total. The summed E-state index contributed by atoms with van der Waals surface area (Å²) in [5, 5.41) is 0.604. The number of nitrogens with zero attached hydrogens (tertiary/aromatic N) is 2. The summed E-state index contributed by atoms with van der Waals surface area (Å²) in [5.74, 6) is -0.262. The average Bonchev–Trinajstić information content (AvgIpc) is 2.32. The normalized spacial score (nSPS) is 10.7. The van der Waals surface area contributed by atoms with Crippen LogP contribution in [-0.2, 0) is 6.42 Å². The van der Waals surface area contributed by atoms with Crippen molar-refractivity contribution >= 4 is 34.8 Å². The van der Waals surface area contributed by atoms with Gasteiger partial charge < -0.3 is 0 Å². The minimum atomic E-state index is -0.537. The maximum absolute atomic E-state index is 13.4. The van der Waals surface area contributed by atoms with E-state index in [0.29, 0.717) is 17.5 Å². The molecule has 0 bridgehead atoms. The zero-order valence-electron chi connectivity index (χ0n) is 9.35. The zero-order chi connectivity index (χ0) is 13.3. The summed E-state index contributed by atoms with van der Waals surface area (Å²) in [7, 11) is 0. The summed E-state index contributed by atoms with van der Waals surface area (Å²) in [4.78, 5) is 8.21. The van der Waals surface area contributed by atoms with Crippen LogP contribution in [0.5, 0.6) is 0 Å². The molecule has 0 N–H and O–H groups in total. The van der Waals surface area contributed by atoms with Crippen LogP contribution in [-0.4, -0.2) is 9.97 Å². The average molecular weight is 306 g/mol. The number of halogens is 4. The standard InChI is InChI=1S/C12H8Cl3FN2/c1-2-7-10(14)17-12(18-11(7)15)6-3-4-8(13)9(16)5-6/h3-5H,2H2,1H3. The maximum Gasteiger partial charge on any atom is 0.162 e. The molecule has 2 rings (SSSR count). The van der Waals surface area contributed by atoms with Crippen molar-refractivity contribution in [1.82, 2.24) is 9.97 Å². The topological polar surface area (TPSA) is 25.8 Å². The molecule has 0 aliphatic carbocycles. The van der Waals surface area contributed by atoms with Gasteiger partial charge in [-0.1, -0.05) is 41.7 Å². The van der Waals surface area contributed by atoms with Gasteiger partial charge in [-0.05, 0) is 24.6 Å². The van der Waals surface area contributed by atoms with E-state index in [9.17, 15) is 4.39 Å². The molecule has 0 aliphatic heterocycles. The van der Waals surface area contributed by atoms with Crippen LogP contribution in [0.2, 0.25) is 15.3 Å². The Bertz CT molecular complexity index is 579. The van der Waals surface area contributed by atoms with Crippen molar-refractivity contribution in [3.05, 3.63) is 44.9 Å². The second-order valence-electron chi connectivity index (χ2n) is 3.59. The quantitative estimate of drug-likeness (QED) is 0.744. The van der Waals surface area contributed by atoms with E-state index in [0.717, 1.165) is 0 Å². The van der Waals surface area contributed by atoms with Gasteiger partial charge in [0.25, 0.3) is 0 Å². The first-order valence-corrected chi connectivity index (χ1v) is 6.33. The lowest BCUT2D eigenvalue weighted by Gasteiger charge is -2.06. The van der Waals surface area contributed by atoms with Crippen molar-refractivity contribution in [3.63, 3.8) is 0 Å². The summed E-state index contributed by atoms with van der Waals surface area (Å²) in [6.07, 6.45) is 0.632. The second kappa shape index (κ2) is 5.39. The Morgan fingerprint density at radius 1 is 1.11 bits per heavy atom. The molecule has 0 saturated carbocycles. The monoisotopic (exact) mass is 304 g/mol. The van der Waals surface area contributed by atoms with E-state index < -0.39 is 5.82 Å². The SMILES string of the molecule is CCc1c(Cl)nc(-c2ccc(Cl)c(F)c2)nc1Cl. The van der Waals surface area contributed by atoms with Crippen LogP contribution in [0.25, 0.3) is 11.4 Å². The van der Waals surface area contributed by atoms with E-state index in [1.165, 1.54) is 12.1 Å². The van der Waals surface area contributed by atoms with Crippen molar-refractivity contribution in [1.29, 1.82) is 0 Å². The number of benzene rings is 1. The Kier molecular flexibility index (Phi) is 4.05. The number of hydrogen-bond donors (Lipinski definition) is 0. The first-order valence-electron chi connectivity index (χ1n) is 5.20. The van der Waals surface area contributed by atoms with Gasteiger partial charge in [0.15, 0.2) is 5.82 Å². The predicted molar refractivity (Wildman–Crippen MR) is 71.8 cm³/mol. The van der Waals surface area contributed by atoms with Gasteiger partial charge in [0, 0.05) is 11.1 Å². The Labute approximate surface area is 119 Å². The van der Waals surface area contributed by atoms with E-state index in [2.05, 4.69) is 9.97 Å². The van der Waals surface area contributed by atoms with Crippen LogP contribution >= 0.6 is 34.8 Å². The highest BCUT2D eigenvalue weighted by molar-refractivity contribution is 6.34. The van der Waals surface area contributed by atoms with E-state index in [1.54, 1.807) is 6.07 Å². The van der Waals surface area contributed by atoms with E-state index in [-0.39, 0.29) is 21.2 Å². The molecule has 0 unspecified atom stereocenters. The van der Waals surface area contributed by atoms with E-state index >= 15 is 0 Å². The summed E-state index contributed by atoms with van der Waals surface area (Å²) >= 11 is 17.6. The van der Waals surface area contributed by atoms with Crippen LogP contribution in [0.15, 0.2) is 18.2 Å². The van der Waals surface area contributed by atoms with E-state index in [1.807, 2.05) is 6.92 Å². The molecular weight excluding hydrogens is 298 g/mol. The van der Waals surface area contributed by atoms with Crippen molar-refractivity contribution < 1.29 is 4.39 Å². The Balaban J connectivity index is 2.54. The molecule has 2 aromatic rings. The highest BCUT2D eigenvalue weighted by Gasteiger charge is 2.12. The minimum Gasteiger partial charge on any atom is -0.216 e. The van der Waals surface area contributed by atoms with E-state index in [4.69, 9.17) is 34.8 Å². The highest BCUT2D eigenvalue weighted by Crippen LogP contribution is 2.27. The van der Waals surface area contributed by atoms with Gasteiger partial charge in [0.1, 0.15) is 16.1 Å². The molecule has 0 aliphatic rings. The molecule has 0 fully saturated rings. The summed E-state index contributed by atoms with van der Waals surface area (Å²) in [6.45, 7) is 1.90. The van der Waals surface area contributed by atoms with Gasteiger partial charge in [-0.3, -0.25) is 0 Å². The lowest BCUT2D eigenvalue weighted by molar-refractivity contribution is 0.628. The fraction of sp³-hybridized carbons (Fsp3) is 0.167. The third kappa shape index (κ3) is 2.58. The predicted octanol–water partition coefficient (Wildman–Crippen LogP) is 4.81. The third-order valence-corrected chi connectivity index (χ3v) is 3.37. The molecule has 1 aromatic heterocycles. The number of hydrogen-bond acceptors (Lipinski definition) is 2. The van der Waals surface area contributed by atoms with Gasteiger partial charge in [-0.25, -0.2) is 14.4 Å². The number of aromatic nitrogens is 2. The van der Waals surface area contributed by atoms with Gasteiger partial charge >= 0.3 is 0 Å². The Hall–Kier alpha value is -0.900. The lowest BCUT2D eigenvalue weighted by Crippen LogP contribution is -1.97. The fourth-order valence-corrected chi connectivity index (χ4v) is 2.26. The van der Waals surface area contributed by atoms with Gasteiger partial charge in [-0.2, -0.15) is 0 Å². The van der Waals surface area contributed by atoms with Crippen LogP contribution in [0.3, 0.4) is 0 Å². The highest BCUT2D eigenvalue weighted by atomic mass is 35.5. The lowest BCUT2D eigenvalue weighted by atomic mass is 10.2. The van der Waals surface area contributed by atoms with Gasteiger partial charge in [0.05, 0.1) is 5.02 Å². The van der Waals surface area contributed by atoms with Crippen LogP contribution in [0, 0.1) is 5.82 Å². The minimum absolute atomic E-state index is 0.0427. The van der Waals surface area contributed by atoms with Gasteiger partial charge in [0.2, 0.25) is 0 Å². The number of rotatable bonds is 2. The summed E-state index contributed by atoms with van der Waals surface area (Å²) in [5.41, 5.74) is 1.15. The van der Waals surface area contributed by atoms with Crippen molar-refractivity contribution in [2.24, 2.45) is 0 Å². The van der Waals surface area contributed by atoms with Crippen LogP contribution < -0.4 is 0 Å². The smallest absolute Gasteiger partial charge is 0.162 e. The first-order chi connectivity index (χ1) is 8.52. The zero-order valence-corrected chi connectivity index (χ0v) is 11.6. The molecular formula is C12H8Cl3FN2. The molecule has 18 heavy (non-hydrogen) atoms. The maximum atomic E-state index is 13.4. The molecule has 1 aromatic carbocycles. The molecule has 6 heteroatoms. The molecule has 0 radical (unpaired) electrons. The summed E-state index contributed by atoms with van der Waals surface area (Å²) < 4.78 is 13.4. The molecule has 94 valence electrons. The first kappa shape index (κ1) is 13.5. The Morgan fingerprint density at radius 3 is 2.22 bits per heavy atom. The van der Waals surface area contributed by atoms with Crippen LogP contribution in [0.4, 0.5) is 4.39 Å². The molecule has 0 amide bonds. The Morgan fingerprint density at radius 2 is 1.72 bits per heavy atom. The molecule has 0 atom stereocenters. The van der Waals surface area contributed by atoms with Crippen molar-refractivity contribution in [3.8, 4) is 11.4 Å². The summed E-state index contributed by atoms with van der Waals surface area (Å²) in [6, 6.07) is 4.29. The molecule has 1 heterocycles. The van der Waals surface area contributed by atoms with Crippen molar-refractivity contribution in [2.75, 3.05) is 0 Å². The van der Waals surface area contributed by atoms with Crippen LogP contribution in [0.1, 0.15) is 12.5 Å². The second-order valence-corrected chi connectivity index (χ2v) is 4.71.